The van der Waals surface area contributed by atoms with E-state index in [-0.39, 0.29) is 11.9 Å². The van der Waals surface area contributed by atoms with Gasteiger partial charge in [0.2, 0.25) is 11.0 Å². The van der Waals surface area contributed by atoms with Gasteiger partial charge in [0, 0.05) is 0 Å². The Balaban J connectivity index is 1.32. The first-order valence-electron chi connectivity index (χ1n) is 9.46. The average Bonchev–Trinajstić information content (AvgIpc) is 3.20. The van der Waals surface area contributed by atoms with Gasteiger partial charge in [0.25, 0.3) is 0 Å². The number of aromatic nitrogens is 2. The summed E-state index contributed by atoms with van der Waals surface area (Å²) in [4.78, 5) is 12.5. The molecule has 0 spiro atoms. The summed E-state index contributed by atoms with van der Waals surface area (Å²) in [6.45, 7) is 0. The van der Waals surface area contributed by atoms with Crippen molar-refractivity contribution < 1.29 is 9.53 Å². The van der Waals surface area contributed by atoms with Crippen molar-refractivity contribution in [2.45, 2.75) is 29.6 Å². The van der Waals surface area contributed by atoms with Crippen LogP contribution in [0.15, 0.2) is 52.9 Å². The van der Waals surface area contributed by atoms with E-state index in [1.165, 1.54) is 34.2 Å². The van der Waals surface area contributed by atoms with Crippen molar-refractivity contribution in [2.24, 2.45) is 0 Å². The number of nitrogens with zero attached hydrogens (tertiary/aromatic N) is 2. The minimum Gasteiger partial charge on any atom is -0.495 e. The number of methoxy groups -OCH3 is 1. The molecule has 6 nitrogen and oxygen atoms in total. The van der Waals surface area contributed by atoms with Gasteiger partial charge < -0.3 is 15.4 Å². The van der Waals surface area contributed by atoms with Crippen molar-refractivity contribution in [3.05, 3.63) is 59.7 Å². The van der Waals surface area contributed by atoms with Crippen LogP contribution >= 0.6 is 23.1 Å². The number of aryl methyl sites for hydroxylation is 1. The molecular formula is C21H22N4O2S2. The van der Waals surface area contributed by atoms with Crippen LogP contribution in [-0.4, -0.2) is 29.0 Å². The fourth-order valence-corrected chi connectivity index (χ4v) is 5.02. The number of para-hydroxylation sites is 2. The molecule has 1 aliphatic rings. The number of rotatable bonds is 7. The van der Waals surface area contributed by atoms with E-state index < -0.39 is 0 Å². The smallest absolute Gasteiger partial charge is 0.230 e. The van der Waals surface area contributed by atoms with E-state index in [2.05, 4.69) is 39.0 Å². The van der Waals surface area contributed by atoms with Gasteiger partial charge in [0.15, 0.2) is 4.34 Å². The standard InChI is InChI=1S/C21H22N4O2S2/c1-27-18-12-5-4-10-17(18)23-20-24-25-21(29-20)28-13-19(26)22-16-11-6-8-14-7-2-3-9-15(14)16/h2-5,7,9-10,12,16H,6,8,11,13H2,1H3,(H,22,26)(H,23,24)/t16-/m1/s1. The van der Waals surface area contributed by atoms with Gasteiger partial charge in [-0.1, -0.05) is 59.5 Å². The maximum Gasteiger partial charge on any atom is 0.230 e. The normalized spacial score (nSPS) is 15.4. The Bertz CT molecular complexity index is 992. The lowest BCUT2D eigenvalue weighted by Gasteiger charge is -2.26. The fourth-order valence-electron chi connectivity index (χ4n) is 3.45. The summed E-state index contributed by atoms with van der Waals surface area (Å²) >= 11 is 2.82. The highest BCUT2D eigenvalue weighted by atomic mass is 32.2. The molecule has 8 heteroatoms. The summed E-state index contributed by atoms with van der Waals surface area (Å²) in [5.74, 6) is 1.08. The molecule has 29 heavy (non-hydrogen) atoms. The van der Waals surface area contributed by atoms with Crippen molar-refractivity contribution in [2.75, 3.05) is 18.2 Å². The number of amides is 1. The number of carbonyl (C=O) groups is 1. The number of thioether (sulfide) groups is 1. The lowest BCUT2D eigenvalue weighted by molar-refractivity contribution is -0.119. The molecule has 0 radical (unpaired) electrons. The highest BCUT2D eigenvalue weighted by molar-refractivity contribution is 8.01. The molecule has 2 N–H and O–H groups in total. The molecule has 3 aromatic rings. The van der Waals surface area contributed by atoms with Crippen LogP contribution in [0.25, 0.3) is 0 Å². The first-order valence-corrected chi connectivity index (χ1v) is 11.3. The lowest BCUT2D eigenvalue weighted by atomic mass is 9.88. The van der Waals surface area contributed by atoms with Crippen LogP contribution in [0.2, 0.25) is 0 Å². The summed E-state index contributed by atoms with van der Waals surface area (Å²) in [5, 5.41) is 15.4. The molecule has 150 valence electrons. The van der Waals surface area contributed by atoms with Crippen LogP contribution in [0.4, 0.5) is 10.8 Å². The predicted molar refractivity (Wildman–Crippen MR) is 117 cm³/mol. The number of hydrogen-bond acceptors (Lipinski definition) is 7. The van der Waals surface area contributed by atoms with E-state index in [9.17, 15) is 4.79 Å². The Hall–Kier alpha value is -2.58. The van der Waals surface area contributed by atoms with Gasteiger partial charge in [-0.3, -0.25) is 4.79 Å². The molecule has 0 aliphatic heterocycles. The summed E-state index contributed by atoms with van der Waals surface area (Å²) in [5.41, 5.74) is 3.42. The van der Waals surface area contributed by atoms with Crippen molar-refractivity contribution in [1.29, 1.82) is 0 Å². The third kappa shape index (κ3) is 4.89. The topological polar surface area (TPSA) is 76.1 Å². The first-order chi connectivity index (χ1) is 14.2. The van der Waals surface area contributed by atoms with E-state index in [0.29, 0.717) is 10.9 Å². The van der Waals surface area contributed by atoms with Crippen molar-refractivity contribution in [3.63, 3.8) is 0 Å². The molecule has 4 rings (SSSR count). The molecule has 1 aromatic heterocycles. The molecule has 0 saturated heterocycles. The van der Waals surface area contributed by atoms with Gasteiger partial charge in [-0.25, -0.2) is 0 Å². The molecule has 1 amide bonds. The zero-order chi connectivity index (χ0) is 20.1. The highest BCUT2D eigenvalue weighted by Gasteiger charge is 2.21. The van der Waals surface area contributed by atoms with Crippen LogP contribution in [0.1, 0.15) is 30.0 Å². The van der Waals surface area contributed by atoms with E-state index in [1.807, 2.05) is 30.3 Å². The van der Waals surface area contributed by atoms with Gasteiger partial charge in [-0.05, 0) is 42.5 Å². The Labute approximate surface area is 178 Å². The molecule has 0 bridgehead atoms. The second-order valence-corrected chi connectivity index (χ2v) is 8.90. The molecule has 0 saturated carbocycles. The number of ether oxygens (including phenoxy) is 1. The molecule has 1 atom stereocenters. The summed E-state index contributed by atoms with van der Waals surface area (Å²) < 4.78 is 6.09. The number of hydrogen-bond donors (Lipinski definition) is 2. The van der Waals surface area contributed by atoms with Gasteiger partial charge in [0.05, 0.1) is 24.6 Å². The zero-order valence-electron chi connectivity index (χ0n) is 16.1. The summed E-state index contributed by atoms with van der Waals surface area (Å²) in [6.07, 6.45) is 3.17. The van der Waals surface area contributed by atoms with Gasteiger partial charge >= 0.3 is 0 Å². The molecule has 0 unspecified atom stereocenters. The largest absolute Gasteiger partial charge is 0.495 e. The van der Waals surface area contributed by atoms with E-state index in [4.69, 9.17) is 4.74 Å². The van der Waals surface area contributed by atoms with Gasteiger partial charge in [-0.15, -0.1) is 10.2 Å². The van der Waals surface area contributed by atoms with Crippen molar-refractivity contribution >= 4 is 39.8 Å². The summed E-state index contributed by atoms with van der Waals surface area (Å²) in [7, 11) is 1.63. The Morgan fingerprint density at radius 3 is 2.93 bits per heavy atom. The first kappa shape index (κ1) is 19.7. The molecule has 0 fully saturated rings. The SMILES string of the molecule is COc1ccccc1Nc1nnc(SCC(=O)N[C@@H]2CCCc3ccccc32)s1. The van der Waals surface area contributed by atoms with E-state index in [0.717, 1.165) is 35.0 Å². The number of fused-ring (bicyclic) bond motifs is 1. The summed E-state index contributed by atoms with van der Waals surface area (Å²) in [6, 6.07) is 16.1. The third-order valence-corrected chi connectivity index (χ3v) is 6.76. The predicted octanol–water partition coefficient (Wildman–Crippen LogP) is 4.58. The quantitative estimate of drug-likeness (QED) is 0.539. The van der Waals surface area contributed by atoms with Crippen LogP contribution < -0.4 is 15.4 Å². The lowest BCUT2D eigenvalue weighted by Crippen LogP contribution is -2.32. The minimum atomic E-state index is 0.0196. The molecule has 2 aromatic carbocycles. The second-order valence-electron chi connectivity index (χ2n) is 6.70. The third-order valence-electron chi connectivity index (χ3n) is 4.79. The van der Waals surface area contributed by atoms with Crippen LogP contribution in [0.3, 0.4) is 0 Å². The molecule has 1 heterocycles. The number of carbonyl (C=O) groups excluding carboxylic acids is 1. The second kappa shape index (κ2) is 9.28. The van der Waals surface area contributed by atoms with E-state index in [1.54, 1.807) is 7.11 Å². The number of anilines is 2. The van der Waals surface area contributed by atoms with Crippen molar-refractivity contribution in [1.82, 2.24) is 15.5 Å². The maximum absolute atomic E-state index is 12.5. The highest BCUT2D eigenvalue weighted by Crippen LogP contribution is 2.32. The maximum atomic E-state index is 12.5. The van der Waals surface area contributed by atoms with Crippen LogP contribution in [0, 0.1) is 0 Å². The number of benzene rings is 2. The minimum absolute atomic E-state index is 0.0196. The molecular weight excluding hydrogens is 404 g/mol. The Morgan fingerprint density at radius 2 is 2.03 bits per heavy atom. The molecule has 1 aliphatic carbocycles. The van der Waals surface area contributed by atoms with Crippen LogP contribution in [0.5, 0.6) is 5.75 Å². The Morgan fingerprint density at radius 1 is 1.21 bits per heavy atom. The van der Waals surface area contributed by atoms with Crippen molar-refractivity contribution in [3.8, 4) is 5.75 Å². The van der Waals surface area contributed by atoms with Crippen LogP contribution in [-0.2, 0) is 11.2 Å². The fraction of sp³-hybridized carbons (Fsp3) is 0.286. The monoisotopic (exact) mass is 426 g/mol. The number of nitrogens with one attached hydrogen (secondary N) is 2. The van der Waals surface area contributed by atoms with Gasteiger partial charge in [0.1, 0.15) is 5.75 Å². The average molecular weight is 427 g/mol. The zero-order valence-corrected chi connectivity index (χ0v) is 17.7. The van der Waals surface area contributed by atoms with Gasteiger partial charge in [-0.2, -0.15) is 0 Å². The Kier molecular flexibility index (Phi) is 6.31. The van der Waals surface area contributed by atoms with E-state index >= 15 is 0 Å².